The van der Waals surface area contributed by atoms with Crippen LogP contribution in [0.3, 0.4) is 0 Å². The summed E-state index contributed by atoms with van der Waals surface area (Å²) in [7, 11) is 1.68. The molecule has 1 aromatic rings. The third-order valence-electron chi connectivity index (χ3n) is 2.93. The highest BCUT2D eigenvalue weighted by molar-refractivity contribution is 5.27. The number of ether oxygens (including phenoxy) is 2. The fraction of sp³-hybridized carbons (Fsp3) is 0.625. The van der Waals surface area contributed by atoms with Gasteiger partial charge in [0.15, 0.2) is 0 Å². The minimum absolute atomic E-state index is 0.161. The minimum atomic E-state index is 0.161. The first-order valence-electron chi connectivity index (χ1n) is 6.99. The van der Waals surface area contributed by atoms with E-state index in [-0.39, 0.29) is 5.41 Å². The van der Waals surface area contributed by atoms with E-state index in [1.807, 2.05) is 18.2 Å². The van der Waals surface area contributed by atoms with E-state index >= 15 is 0 Å². The maximum Gasteiger partial charge on any atom is 0.119 e. The topological polar surface area (TPSA) is 30.5 Å². The average molecular weight is 265 g/mol. The van der Waals surface area contributed by atoms with Gasteiger partial charge in [-0.15, -0.1) is 0 Å². The number of hydrogen-bond acceptors (Lipinski definition) is 3. The largest absolute Gasteiger partial charge is 0.497 e. The first kappa shape index (κ1) is 16.0. The summed E-state index contributed by atoms with van der Waals surface area (Å²) in [6.07, 6.45) is 1.17. The lowest BCUT2D eigenvalue weighted by Crippen LogP contribution is -2.33. The van der Waals surface area contributed by atoms with Crippen LogP contribution in [0.2, 0.25) is 0 Å². The molecule has 108 valence electrons. The average Bonchev–Trinajstić information content (AvgIpc) is 2.39. The van der Waals surface area contributed by atoms with Crippen molar-refractivity contribution in [2.45, 2.75) is 33.8 Å². The summed E-state index contributed by atoms with van der Waals surface area (Å²) < 4.78 is 11.0. The number of methoxy groups -OCH3 is 1. The minimum Gasteiger partial charge on any atom is -0.497 e. The first-order chi connectivity index (χ1) is 9.07. The van der Waals surface area contributed by atoms with Crippen LogP contribution >= 0.6 is 0 Å². The van der Waals surface area contributed by atoms with E-state index in [1.54, 1.807) is 7.11 Å². The molecule has 0 bridgehead atoms. The Hall–Kier alpha value is -1.06. The molecule has 0 aliphatic heterocycles. The molecule has 19 heavy (non-hydrogen) atoms. The van der Waals surface area contributed by atoms with Crippen molar-refractivity contribution in [3.8, 4) is 5.75 Å². The van der Waals surface area contributed by atoms with Crippen LogP contribution in [-0.4, -0.2) is 26.8 Å². The Kier molecular flexibility index (Phi) is 6.89. The summed E-state index contributed by atoms with van der Waals surface area (Å²) >= 11 is 0. The fourth-order valence-electron chi connectivity index (χ4n) is 1.86. The summed E-state index contributed by atoms with van der Waals surface area (Å²) in [6, 6.07) is 8.01. The van der Waals surface area contributed by atoms with E-state index in [0.29, 0.717) is 6.61 Å². The number of rotatable bonds is 9. The standard InChI is InChI=1S/C16H27NO2/c1-5-9-17-12-16(2,3)13-19-11-14-7-6-8-15(10-14)18-4/h6-8,10,17H,5,9,11-13H2,1-4H3. The number of nitrogens with one attached hydrogen (secondary N) is 1. The molecule has 3 nitrogen and oxygen atoms in total. The summed E-state index contributed by atoms with van der Waals surface area (Å²) in [5.41, 5.74) is 1.31. The van der Waals surface area contributed by atoms with Crippen LogP contribution in [0.25, 0.3) is 0 Å². The van der Waals surface area contributed by atoms with Crippen molar-refractivity contribution < 1.29 is 9.47 Å². The second-order valence-electron chi connectivity index (χ2n) is 5.69. The molecular formula is C16H27NO2. The van der Waals surface area contributed by atoms with Crippen molar-refractivity contribution in [2.75, 3.05) is 26.8 Å². The Labute approximate surface area is 117 Å². The van der Waals surface area contributed by atoms with Crippen LogP contribution in [0.15, 0.2) is 24.3 Å². The molecule has 0 fully saturated rings. The van der Waals surface area contributed by atoms with Crippen molar-refractivity contribution >= 4 is 0 Å². The van der Waals surface area contributed by atoms with Gasteiger partial charge in [-0.25, -0.2) is 0 Å². The lowest BCUT2D eigenvalue weighted by atomic mass is 9.95. The van der Waals surface area contributed by atoms with E-state index < -0.39 is 0 Å². The number of hydrogen-bond donors (Lipinski definition) is 1. The Morgan fingerprint density at radius 3 is 2.74 bits per heavy atom. The highest BCUT2D eigenvalue weighted by Gasteiger charge is 2.17. The molecule has 1 N–H and O–H groups in total. The summed E-state index contributed by atoms with van der Waals surface area (Å²) in [4.78, 5) is 0. The Morgan fingerprint density at radius 1 is 1.26 bits per heavy atom. The van der Waals surface area contributed by atoms with Crippen LogP contribution in [0.4, 0.5) is 0 Å². The third-order valence-corrected chi connectivity index (χ3v) is 2.93. The molecule has 3 heteroatoms. The summed E-state index contributed by atoms with van der Waals surface area (Å²) in [5.74, 6) is 0.880. The van der Waals surface area contributed by atoms with Crippen molar-refractivity contribution in [2.24, 2.45) is 5.41 Å². The molecule has 0 atom stereocenters. The Morgan fingerprint density at radius 2 is 2.05 bits per heavy atom. The van der Waals surface area contributed by atoms with E-state index in [0.717, 1.165) is 31.0 Å². The van der Waals surface area contributed by atoms with Gasteiger partial charge in [0.05, 0.1) is 20.3 Å². The molecule has 0 spiro atoms. The van der Waals surface area contributed by atoms with Gasteiger partial charge in [0.1, 0.15) is 5.75 Å². The van der Waals surface area contributed by atoms with Crippen LogP contribution in [0, 0.1) is 5.41 Å². The van der Waals surface area contributed by atoms with Crippen molar-refractivity contribution in [3.05, 3.63) is 29.8 Å². The lowest BCUT2D eigenvalue weighted by Gasteiger charge is -2.25. The fourth-order valence-corrected chi connectivity index (χ4v) is 1.86. The van der Waals surface area contributed by atoms with Crippen LogP contribution in [0.5, 0.6) is 5.75 Å². The smallest absolute Gasteiger partial charge is 0.119 e. The van der Waals surface area contributed by atoms with Crippen LogP contribution < -0.4 is 10.1 Å². The van der Waals surface area contributed by atoms with Gasteiger partial charge in [-0.1, -0.05) is 32.9 Å². The molecule has 0 aliphatic carbocycles. The molecule has 0 saturated carbocycles. The van der Waals surface area contributed by atoms with Gasteiger partial charge in [-0.05, 0) is 30.7 Å². The molecular weight excluding hydrogens is 238 g/mol. The predicted octanol–water partition coefficient (Wildman–Crippen LogP) is 3.24. The molecule has 0 heterocycles. The summed E-state index contributed by atoms with van der Waals surface area (Å²) in [6.45, 7) is 10.1. The van der Waals surface area contributed by atoms with Gasteiger partial charge in [0.2, 0.25) is 0 Å². The SMILES string of the molecule is CCCNCC(C)(C)COCc1cccc(OC)c1. The second kappa shape index (κ2) is 8.18. The van der Waals surface area contributed by atoms with Crippen molar-refractivity contribution in [1.29, 1.82) is 0 Å². The normalized spacial score (nSPS) is 11.6. The van der Waals surface area contributed by atoms with Crippen LogP contribution in [0.1, 0.15) is 32.8 Å². The number of benzene rings is 1. The highest BCUT2D eigenvalue weighted by Crippen LogP contribution is 2.17. The monoisotopic (exact) mass is 265 g/mol. The van der Waals surface area contributed by atoms with E-state index in [4.69, 9.17) is 9.47 Å². The van der Waals surface area contributed by atoms with Crippen molar-refractivity contribution in [3.63, 3.8) is 0 Å². The van der Waals surface area contributed by atoms with Gasteiger partial charge in [0, 0.05) is 12.0 Å². The van der Waals surface area contributed by atoms with E-state index in [1.165, 1.54) is 6.42 Å². The third kappa shape index (κ3) is 6.60. The Bertz CT molecular complexity index is 364. The molecule has 0 radical (unpaired) electrons. The highest BCUT2D eigenvalue weighted by atomic mass is 16.5. The van der Waals surface area contributed by atoms with Gasteiger partial charge >= 0.3 is 0 Å². The molecule has 1 aromatic carbocycles. The maximum atomic E-state index is 5.82. The molecule has 1 rings (SSSR count). The zero-order chi connectivity index (χ0) is 14.1. The first-order valence-corrected chi connectivity index (χ1v) is 6.99. The maximum absolute atomic E-state index is 5.82. The molecule has 0 saturated heterocycles. The Balaban J connectivity index is 2.32. The van der Waals surface area contributed by atoms with Gasteiger partial charge in [-0.2, -0.15) is 0 Å². The molecule has 0 unspecified atom stereocenters. The lowest BCUT2D eigenvalue weighted by molar-refractivity contribution is 0.0513. The predicted molar refractivity (Wildman–Crippen MR) is 79.6 cm³/mol. The van der Waals surface area contributed by atoms with E-state index in [9.17, 15) is 0 Å². The summed E-state index contributed by atoms with van der Waals surface area (Å²) in [5, 5.41) is 3.44. The molecule has 0 aromatic heterocycles. The zero-order valence-electron chi connectivity index (χ0n) is 12.7. The van der Waals surface area contributed by atoms with Gasteiger partial charge in [-0.3, -0.25) is 0 Å². The van der Waals surface area contributed by atoms with E-state index in [2.05, 4.69) is 32.2 Å². The second-order valence-corrected chi connectivity index (χ2v) is 5.69. The molecule has 0 aliphatic rings. The zero-order valence-corrected chi connectivity index (χ0v) is 12.7. The van der Waals surface area contributed by atoms with Gasteiger partial charge in [0.25, 0.3) is 0 Å². The van der Waals surface area contributed by atoms with Gasteiger partial charge < -0.3 is 14.8 Å². The quantitative estimate of drug-likeness (QED) is 0.695. The van der Waals surface area contributed by atoms with Crippen molar-refractivity contribution in [1.82, 2.24) is 5.32 Å². The van der Waals surface area contributed by atoms with Crippen LogP contribution in [-0.2, 0) is 11.3 Å². The molecule has 0 amide bonds.